The maximum atomic E-state index is 13.8. The standard InChI is InChI=1S/C29H23Cl2N5O5S/c1-42(40,41)20-7-10-26(33-15-20)35-27(37)21-8-5-17(12-23(21)31)16-36-25(14-19-4-2-3-11-32-19)28(38)34-24-13-18(30)6-9-22(24)29(36)39/h2-13,15,25H,14,16H2,1H3,(H,34,38)(H,33,35,37). The van der Waals surface area contributed by atoms with Gasteiger partial charge in [-0.15, -0.1) is 0 Å². The molecule has 0 spiro atoms. The third-order valence-corrected chi connectivity index (χ3v) is 8.22. The van der Waals surface area contributed by atoms with Crippen LogP contribution in [-0.4, -0.2) is 53.3 Å². The molecule has 42 heavy (non-hydrogen) atoms. The van der Waals surface area contributed by atoms with Crippen LogP contribution >= 0.6 is 23.2 Å². The summed E-state index contributed by atoms with van der Waals surface area (Å²) in [5.74, 6) is -1.20. The van der Waals surface area contributed by atoms with Gasteiger partial charge in [-0.3, -0.25) is 19.4 Å². The highest BCUT2D eigenvalue weighted by Crippen LogP contribution is 2.29. The van der Waals surface area contributed by atoms with Crippen LogP contribution in [0.5, 0.6) is 0 Å². The van der Waals surface area contributed by atoms with E-state index in [9.17, 15) is 22.8 Å². The summed E-state index contributed by atoms with van der Waals surface area (Å²) in [7, 11) is -3.43. The van der Waals surface area contributed by atoms with Gasteiger partial charge >= 0.3 is 0 Å². The molecule has 2 aromatic carbocycles. The zero-order valence-corrected chi connectivity index (χ0v) is 24.4. The lowest BCUT2D eigenvalue weighted by Gasteiger charge is -2.29. The van der Waals surface area contributed by atoms with Crippen molar-refractivity contribution in [1.29, 1.82) is 0 Å². The van der Waals surface area contributed by atoms with Gasteiger partial charge in [0.25, 0.3) is 11.8 Å². The Kier molecular flexibility index (Phi) is 8.26. The largest absolute Gasteiger partial charge is 0.323 e. The fourth-order valence-electron chi connectivity index (χ4n) is 4.46. The number of benzene rings is 2. The van der Waals surface area contributed by atoms with Gasteiger partial charge in [0.15, 0.2) is 9.84 Å². The van der Waals surface area contributed by atoms with Crippen LogP contribution in [0.4, 0.5) is 11.5 Å². The maximum absolute atomic E-state index is 13.8. The van der Waals surface area contributed by atoms with Crippen molar-refractivity contribution in [2.24, 2.45) is 0 Å². The molecule has 13 heteroatoms. The van der Waals surface area contributed by atoms with Gasteiger partial charge in [-0.1, -0.05) is 35.3 Å². The fraction of sp³-hybridized carbons (Fsp3) is 0.138. The van der Waals surface area contributed by atoms with E-state index < -0.39 is 27.7 Å². The third kappa shape index (κ3) is 6.43. The average molecular weight is 625 g/mol. The van der Waals surface area contributed by atoms with Crippen molar-refractivity contribution in [1.82, 2.24) is 14.9 Å². The average Bonchev–Trinajstić information content (AvgIpc) is 3.03. The molecule has 3 amide bonds. The Labute approximate surface area is 251 Å². The van der Waals surface area contributed by atoms with E-state index in [4.69, 9.17) is 23.2 Å². The van der Waals surface area contributed by atoms with E-state index in [2.05, 4.69) is 20.6 Å². The Balaban J connectivity index is 1.41. The number of hydrogen-bond acceptors (Lipinski definition) is 7. The van der Waals surface area contributed by atoms with Gasteiger partial charge in [0.2, 0.25) is 5.91 Å². The topological polar surface area (TPSA) is 138 Å². The van der Waals surface area contributed by atoms with Crippen LogP contribution in [0.2, 0.25) is 10.0 Å². The molecule has 2 N–H and O–H groups in total. The van der Waals surface area contributed by atoms with Gasteiger partial charge < -0.3 is 15.5 Å². The van der Waals surface area contributed by atoms with Gasteiger partial charge in [-0.25, -0.2) is 13.4 Å². The summed E-state index contributed by atoms with van der Waals surface area (Å²) in [5.41, 5.74) is 1.95. The Bertz CT molecular complexity index is 1800. The van der Waals surface area contributed by atoms with Crippen molar-refractivity contribution >= 4 is 62.3 Å². The molecule has 5 rings (SSSR count). The number of nitrogens with zero attached hydrogens (tertiary/aromatic N) is 3. The fourth-order valence-corrected chi connectivity index (χ4v) is 5.48. The second kappa shape index (κ2) is 11.9. The molecule has 0 saturated carbocycles. The number of carbonyl (C=O) groups is 3. The molecule has 0 aliphatic carbocycles. The summed E-state index contributed by atoms with van der Waals surface area (Å²) in [6.07, 6.45) is 3.99. The van der Waals surface area contributed by atoms with Crippen molar-refractivity contribution < 1.29 is 22.8 Å². The van der Waals surface area contributed by atoms with Crippen molar-refractivity contribution in [3.8, 4) is 0 Å². The normalized spacial score (nSPS) is 15.0. The summed E-state index contributed by atoms with van der Waals surface area (Å²) >= 11 is 12.6. The lowest BCUT2D eigenvalue weighted by atomic mass is 10.0. The highest BCUT2D eigenvalue weighted by atomic mass is 35.5. The third-order valence-electron chi connectivity index (χ3n) is 6.58. The minimum atomic E-state index is -3.43. The molecule has 1 unspecified atom stereocenters. The van der Waals surface area contributed by atoms with Crippen molar-refractivity contribution in [2.75, 3.05) is 16.9 Å². The van der Waals surface area contributed by atoms with Crippen LogP contribution < -0.4 is 10.6 Å². The molecule has 0 fully saturated rings. The van der Waals surface area contributed by atoms with Crippen molar-refractivity contribution in [2.45, 2.75) is 23.9 Å². The zero-order chi connectivity index (χ0) is 30.0. The minimum absolute atomic E-state index is 0.0158. The first-order valence-corrected chi connectivity index (χ1v) is 15.2. The lowest BCUT2D eigenvalue weighted by Crippen LogP contribution is -2.46. The van der Waals surface area contributed by atoms with Crippen LogP contribution in [0, 0.1) is 0 Å². The second-order valence-electron chi connectivity index (χ2n) is 9.57. The quantitative estimate of drug-likeness (QED) is 0.306. The SMILES string of the molecule is CS(=O)(=O)c1ccc(NC(=O)c2ccc(CN3C(=O)c4ccc(Cl)cc4NC(=O)C3Cc3ccccn3)cc2Cl)nc1. The van der Waals surface area contributed by atoms with Gasteiger partial charge in [-0.05, 0) is 60.2 Å². The van der Waals surface area contributed by atoms with Crippen molar-refractivity contribution in [3.05, 3.63) is 112 Å². The van der Waals surface area contributed by atoms with Gasteiger partial charge in [-0.2, -0.15) is 0 Å². The van der Waals surface area contributed by atoms with Crippen LogP contribution in [0.1, 0.15) is 32.0 Å². The van der Waals surface area contributed by atoms with E-state index in [1.54, 1.807) is 48.7 Å². The maximum Gasteiger partial charge on any atom is 0.258 e. The number of aromatic nitrogens is 2. The lowest BCUT2D eigenvalue weighted by molar-refractivity contribution is -0.120. The summed E-state index contributed by atoms with van der Waals surface area (Å²) in [4.78, 5) is 49.8. The minimum Gasteiger partial charge on any atom is -0.323 e. The Morgan fingerprint density at radius 1 is 1.02 bits per heavy atom. The first kappa shape index (κ1) is 29.2. The molecule has 0 bridgehead atoms. The zero-order valence-electron chi connectivity index (χ0n) is 22.0. The number of anilines is 2. The number of nitrogens with one attached hydrogen (secondary N) is 2. The molecule has 2 aromatic heterocycles. The summed E-state index contributed by atoms with van der Waals surface area (Å²) < 4.78 is 23.3. The molecule has 10 nitrogen and oxygen atoms in total. The first-order chi connectivity index (χ1) is 20.0. The van der Waals surface area contributed by atoms with E-state index in [0.717, 1.165) is 12.5 Å². The Hall–Kier alpha value is -4.32. The molecular formula is C29H23Cl2N5O5S. The molecular weight excluding hydrogens is 601 g/mol. The second-order valence-corrected chi connectivity index (χ2v) is 12.4. The summed E-state index contributed by atoms with van der Waals surface area (Å²) in [6.45, 7) is 0.0158. The highest BCUT2D eigenvalue weighted by molar-refractivity contribution is 7.90. The summed E-state index contributed by atoms with van der Waals surface area (Å²) in [5, 5.41) is 5.89. The molecule has 4 aromatic rings. The molecule has 1 aliphatic heterocycles. The highest BCUT2D eigenvalue weighted by Gasteiger charge is 2.36. The van der Waals surface area contributed by atoms with Gasteiger partial charge in [0, 0.05) is 42.3 Å². The van der Waals surface area contributed by atoms with Gasteiger partial charge in [0.1, 0.15) is 11.9 Å². The number of amides is 3. The number of hydrogen-bond donors (Lipinski definition) is 2. The van der Waals surface area contributed by atoms with Crippen molar-refractivity contribution in [3.63, 3.8) is 0 Å². The number of pyridine rings is 2. The molecule has 1 atom stereocenters. The monoisotopic (exact) mass is 623 g/mol. The van der Waals surface area contributed by atoms with Crippen LogP contribution in [-0.2, 0) is 27.6 Å². The molecule has 0 radical (unpaired) electrons. The summed E-state index contributed by atoms with van der Waals surface area (Å²) in [6, 6.07) is 16.5. The van der Waals surface area contributed by atoms with E-state index >= 15 is 0 Å². The van der Waals surface area contributed by atoms with Gasteiger partial charge in [0.05, 0.1) is 26.7 Å². The van der Waals surface area contributed by atoms with Crippen LogP contribution in [0.15, 0.2) is 84.0 Å². The van der Waals surface area contributed by atoms with Crippen LogP contribution in [0.25, 0.3) is 0 Å². The van der Waals surface area contributed by atoms with E-state index in [-0.39, 0.29) is 45.7 Å². The van der Waals surface area contributed by atoms with E-state index in [1.165, 1.54) is 29.2 Å². The molecule has 3 heterocycles. The van der Waals surface area contributed by atoms with Crippen LogP contribution in [0.3, 0.4) is 0 Å². The van der Waals surface area contributed by atoms with E-state index in [0.29, 0.717) is 22.0 Å². The predicted molar refractivity (Wildman–Crippen MR) is 158 cm³/mol. The molecule has 1 aliphatic rings. The molecule has 214 valence electrons. The number of fused-ring (bicyclic) bond motifs is 1. The number of sulfone groups is 1. The smallest absolute Gasteiger partial charge is 0.258 e. The molecule has 0 saturated heterocycles. The Morgan fingerprint density at radius 3 is 2.50 bits per heavy atom. The van der Waals surface area contributed by atoms with E-state index in [1.807, 2.05) is 0 Å². The number of rotatable bonds is 7. The Morgan fingerprint density at radius 2 is 1.83 bits per heavy atom. The first-order valence-electron chi connectivity index (χ1n) is 12.6. The predicted octanol–water partition coefficient (Wildman–Crippen LogP) is 4.65. The number of carbonyl (C=O) groups excluding carboxylic acids is 3. The number of halogens is 2.